The van der Waals surface area contributed by atoms with E-state index in [0.717, 1.165) is 17.0 Å². The van der Waals surface area contributed by atoms with Crippen molar-refractivity contribution in [2.75, 3.05) is 6.61 Å². The van der Waals surface area contributed by atoms with Crippen molar-refractivity contribution in [3.8, 4) is 0 Å². The zero-order valence-corrected chi connectivity index (χ0v) is 13.1. The van der Waals surface area contributed by atoms with E-state index in [-0.39, 0.29) is 11.9 Å². The Morgan fingerprint density at radius 1 is 1.35 bits per heavy atom. The van der Waals surface area contributed by atoms with Gasteiger partial charge >= 0.3 is 5.97 Å². The first-order valence-electron chi connectivity index (χ1n) is 7.78. The largest absolute Gasteiger partial charge is 0.466 e. The second-order valence-corrected chi connectivity index (χ2v) is 5.79. The third-order valence-corrected chi connectivity index (χ3v) is 4.37. The predicted molar refractivity (Wildman–Crippen MR) is 78.9 cm³/mol. The van der Waals surface area contributed by atoms with Crippen LogP contribution >= 0.6 is 0 Å². The molecule has 1 atom stereocenters. The van der Waals surface area contributed by atoms with Crippen molar-refractivity contribution in [1.29, 1.82) is 0 Å². The molecule has 1 aliphatic rings. The third kappa shape index (κ3) is 2.89. The van der Waals surface area contributed by atoms with E-state index in [1.165, 1.54) is 32.1 Å². The zero-order chi connectivity index (χ0) is 14.7. The average Bonchev–Trinajstić information content (AvgIpc) is 2.74. The molecule has 1 aromatic heterocycles. The summed E-state index contributed by atoms with van der Waals surface area (Å²) in [5, 5.41) is 4.71. The predicted octanol–water partition coefficient (Wildman–Crippen LogP) is 3.67. The van der Waals surface area contributed by atoms with Crippen LogP contribution in [0.1, 0.15) is 74.9 Å². The van der Waals surface area contributed by atoms with Crippen molar-refractivity contribution in [3.63, 3.8) is 0 Å². The molecule has 4 nitrogen and oxygen atoms in total. The fraction of sp³-hybridized carbons (Fsp3) is 0.750. The molecular formula is C16H26N2O2. The number of hydrogen-bond donors (Lipinski definition) is 0. The van der Waals surface area contributed by atoms with E-state index in [2.05, 4.69) is 11.6 Å². The van der Waals surface area contributed by atoms with Crippen molar-refractivity contribution >= 4 is 5.97 Å². The van der Waals surface area contributed by atoms with Gasteiger partial charge < -0.3 is 4.74 Å². The molecule has 112 valence electrons. The van der Waals surface area contributed by atoms with Gasteiger partial charge in [0, 0.05) is 11.3 Å². The van der Waals surface area contributed by atoms with Crippen molar-refractivity contribution in [2.24, 2.45) is 0 Å². The number of esters is 1. The minimum absolute atomic E-state index is 0.151. The van der Waals surface area contributed by atoms with Gasteiger partial charge in [0.1, 0.15) is 0 Å². The molecule has 0 radical (unpaired) electrons. The summed E-state index contributed by atoms with van der Waals surface area (Å²) in [6, 6.07) is 0.505. The number of aromatic nitrogens is 2. The van der Waals surface area contributed by atoms with Crippen LogP contribution in [0.15, 0.2) is 0 Å². The lowest BCUT2D eigenvalue weighted by atomic mass is 9.94. The number of aryl methyl sites for hydroxylation is 1. The first kappa shape index (κ1) is 15.1. The monoisotopic (exact) mass is 278 g/mol. The van der Waals surface area contributed by atoms with Crippen molar-refractivity contribution in [2.45, 2.75) is 71.8 Å². The standard InChI is InChI=1S/C16H26N2O2/c1-5-20-16(19)11(2)15-12(3)17-18(13(15)4)14-9-7-6-8-10-14/h11,14H,5-10H2,1-4H3. The van der Waals surface area contributed by atoms with E-state index in [9.17, 15) is 4.79 Å². The summed E-state index contributed by atoms with van der Waals surface area (Å²) in [7, 11) is 0. The summed E-state index contributed by atoms with van der Waals surface area (Å²) in [5.41, 5.74) is 3.15. The van der Waals surface area contributed by atoms with Crippen LogP contribution in [0.2, 0.25) is 0 Å². The quantitative estimate of drug-likeness (QED) is 0.789. The number of nitrogens with zero attached hydrogens (tertiary/aromatic N) is 2. The van der Waals surface area contributed by atoms with Crippen molar-refractivity contribution < 1.29 is 9.53 Å². The van der Waals surface area contributed by atoms with Crippen LogP contribution in [0, 0.1) is 13.8 Å². The smallest absolute Gasteiger partial charge is 0.313 e. The molecule has 0 bridgehead atoms. The lowest BCUT2D eigenvalue weighted by Crippen LogP contribution is -2.17. The molecule has 0 saturated heterocycles. The van der Waals surface area contributed by atoms with Gasteiger partial charge in [-0.2, -0.15) is 5.10 Å². The molecule has 0 N–H and O–H groups in total. The summed E-state index contributed by atoms with van der Waals surface area (Å²) >= 11 is 0. The van der Waals surface area contributed by atoms with Crippen LogP contribution in [0.3, 0.4) is 0 Å². The number of ether oxygens (including phenoxy) is 1. The maximum atomic E-state index is 12.0. The number of carbonyl (C=O) groups is 1. The Bertz CT molecular complexity index is 473. The fourth-order valence-electron chi connectivity index (χ4n) is 3.37. The van der Waals surface area contributed by atoms with E-state index < -0.39 is 0 Å². The molecule has 0 aliphatic heterocycles. The molecule has 20 heavy (non-hydrogen) atoms. The van der Waals surface area contributed by atoms with Crippen LogP contribution < -0.4 is 0 Å². The molecule has 2 rings (SSSR count). The maximum Gasteiger partial charge on any atom is 0.313 e. The Hall–Kier alpha value is -1.32. The maximum absolute atomic E-state index is 12.0. The van der Waals surface area contributed by atoms with Gasteiger partial charge in [-0.3, -0.25) is 9.48 Å². The Balaban J connectivity index is 2.26. The zero-order valence-electron chi connectivity index (χ0n) is 13.1. The summed E-state index contributed by atoms with van der Waals surface area (Å²) in [6.45, 7) is 8.27. The van der Waals surface area contributed by atoms with E-state index >= 15 is 0 Å². The Morgan fingerprint density at radius 3 is 2.60 bits per heavy atom. The summed E-state index contributed by atoms with van der Waals surface area (Å²) in [5.74, 6) is -0.380. The van der Waals surface area contributed by atoms with Crippen LogP contribution in [-0.2, 0) is 9.53 Å². The van der Waals surface area contributed by atoms with Crippen LogP contribution in [0.4, 0.5) is 0 Å². The van der Waals surface area contributed by atoms with Crippen LogP contribution in [-0.4, -0.2) is 22.4 Å². The van der Waals surface area contributed by atoms with E-state index in [1.54, 1.807) is 0 Å². The summed E-state index contributed by atoms with van der Waals surface area (Å²) in [6.07, 6.45) is 6.31. The van der Waals surface area contributed by atoms with E-state index in [0.29, 0.717) is 12.6 Å². The second kappa shape index (κ2) is 6.42. The Labute approximate surface area is 121 Å². The van der Waals surface area contributed by atoms with Gasteiger partial charge in [0.15, 0.2) is 0 Å². The van der Waals surface area contributed by atoms with Gasteiger partial charge in [-0.1, -0.05) is 19.3 Å². The van der Waals surface area contributed by atoms with E-state index in [1.807, 2.05) is 20.8 Å². The molecule has 0 amide bonds. The number of hydrogen-bond acceptors (Lipinski definition) is 3. The van der Waals surface area contributed by atoms with Gasteiger partial charge in [0.05, 0.1) is 24.3 Å². The third-order valence-electron chi connectivity index (χ3n) is 4.37. The fourth-order valence-corrected chi connectivity index (χ4v) is 3.37. The van der Waals surface area contributed by atoms with Gasteiger partial charge in [-0.15, -0.1) is 0 Å². The molecule has 1 heterocycles. The Morgan fingerprint density at radius 2 is 2.00 bits per heavy atom. The van der Waals surface area contributed by atoms with Gasteiger partial charge in [-0.05, 0) is 40.5 Å². The lowest BCUT2D eigenvalue weighted by Gasteiger charge is -2.23. The van der Waals surface area contributed by atoms with Gasteiger partial charge in [0.2, 0.25) is 0 Å². The minimum Gasteiger partial charge on any atom is -0.466 e. The Kier molecular flexibility index (Phi) is 4.84. The molecule has 4 heteroatoms. The van der Waals surface area contributed by atoms with Crippen LogP contribution in [0.5, 0.6) is 0 Å². The molecular weight excluding hydrogens is 252 g/mol. The first-order valence-corrected chi connectivity index (χ1v) is 7.78. The van der Waals surface area contributed by atoms with Crippen molar-refractivity contribution in [1.82, 2.24) is 9.78 Å². The molecule has 1 aliphatic carbocycles. The highest BCUT2D eigenvalue weighted by Gasteiger charge is 2.27. The number of rotatable bonds is 4. The highest BCUT2D eigenvalue weighted by Crippen LogP contribution is 2.32. The highest BCUT2D eigenvalue weighted by atomic mass is 16.5. The first-order chi connectivity index (χ1) is 9.56. The average molecular weight is 278 g/mol. The molecule has 1 unspecified atom stereocenters. The molecule has 0 aromatic carbocycles. The minimum atomic E-state index is -0.229. The topological polar surface area (TPSA) is 44.1 Å². The lowest BCUT2D eigenvalue weighted by molar-refractivity contribution is -0.144. The summed E-state index contributed by atoms with van der Waals surface area (Å²) in [4.78, 5) is 12.0. The molecule has 1 fully saturated rings. The van der Waals surface area contributed by atoms with Crippen LogP contribution in [0.25, 0.3) is 0 Å². The van der Waals surface area contributed by atoms with E-state index in [4.69, 9.17) is 9.84 Å². The van der Waals surface area contributed by atoms with Gasteiger partial charge in [-0.25, -0.2) is 0 Å². The highest BCUT2D eigenvalue weighted by molar-refractivity contribution is 5.78. The second-order valence-electron chi connectivity index (χ2n) is 5.79. The summed E-state index contributed by atoms with van der Waals surface area (Å²) < 4.78 is 7.30. The van der Waals surface area contributed by atoms with Gasteiger partial charge in [0.25, 0.3) is 0 Å². The molecule has 0 spiro atoms. The van der Waals surface area contributed by atoms with Crippen molar-refractivity contribution in [3.05, 3.63) is 17.0 Å². The molecule has 1 aromatic rings. The number of carbonyl (C=O) groups excluding carboxylic acids is 1. The SMILES string of the molecule is CCOC(=O)C(C)c1c(C)nn(C2CCCCC2)c1C. The normalized spacial score (nSPS) is 18.0. The molecule has 1 saturated carbocycles.